The van der Waals surface area contributed by atoms with E-state index in [0.29, 0.717) is 11.5 Å². The molecule has 0 N–H and O–H groups in total. The van der Waals surface area contributed by atoms with Crippen LogP contribution in [0.4, 0.5) is 8.78 Å². The molecule has 2 aliphatic carbocycles. The van der Waals surface area contributed by atoms with Crippen LogP contribution >= 0.6 is 0 Å². The summed E-state index contributed by atoms with van der Waals surface area (Å²) in [6.07, 6.45) is 4.63. The van der Waals surface area contributed by atoms with E-state index < -0.39 is 21.1 Å². The zero-order chi connectivity index (χ0) is 26.1. The summed E-state index contributed by atoms with van der Waals surface area (Å²) in [6, 6.07) is 29.4. The maximum atomic E-state index is 13.9. The van der Waals surface area contributed by atoms with Gasteiger partial charge in [0, 0.05) is 0 Å². The van der Waals surface area contributed by atoms with Crippen LogP contribution < -0.4 is 5.63 Å². The Hall–Kier alpha value is -3.30. The van der Waals surface area contributed by atoms with E-state index in [0.717, 1.165) is 0 Å². The fraction of sp³-hybridized carbons (Fsp3) is 0.152. The van der Waals surface area contributed by atoms with Crippen LogP contribution in [0.3, 0.4) is 0 Å². The minimum atomic E-state index is -4.54. The molecule has 2 nitrogen and oxygen atoms in total. The zero-order valence-electron chi connectivity index (χ0n) is 21.1. The van der Waals surface area contributed by atoms with Gasteiger partial charge in [-0.15, -0.1) is 0 Å². The van der Waals surface area contributed by atoms with Crippen molar-refractivity contribution >= 4 is 12.2 Å². The van der Waals surface area contributed by atoms with Crippen molar-refractivity contribution in [1.82, 2.24) is 0 Å². The first kappa shape index (κ1) is 23.8. The summed E-state index contributed by atoms with van der Waals surface area (Å²) < 4.78 is 42.2. The topological polar surface area (TPSA) is 18.5 Å². The first-order valence-electron chi connectivity index (χ1n) is 12.9. The van der Waals surface area contributed by atoms with Crippen molar-refractivity contribution in [3.05, 3.63) is 142 Å². The van der Waals surface area contributed by atoms with Crippen molar-refractivity contribution in [2.24, 2.45) is 5.41 Å². The number of halogens is 2. The average Bonchev–Trinajstić information content (AvgIpc) is 3.52. The monoisotopic (exact) mass is 582 g/mol. The van der Waals surface area contributed by atoms with Gasteiger partial charge in [0.05, 0.1) is 0 Å². The number of hydrogen-bond acceptors (Lipinski definition) is 2. The van der Waals surface area contributed by atoms with Gasteiger partial charge in [0.1, 0.15) is 0 Å². The molecule has 1 fully saturated rings. The Balaban J connectivity index is 1.53. The zero-order valence-corrected chi connectivity index (χ0v) is 23.6. The van der Waals surface area contributed by atoms with Crippen LogP contribution in [-0.2, 0) is 21.1 Å². The molecule has 38 heavy (non-hydrogen) atoms. The Bertz CT molecular complexity index is 1500. The second kappa shape index (κ2) is 8.61. The Morgan fingerprint density at radius 3 is 1.39 bits per heavy atom. The van der Waals surface area contributed by atoms with Gasteiger partial charge >= 0.3 is 228 Å². The van der Waals surface area contributed by atoms with Gasteiger partial charge in [0.25, 0.3) is 0 Å². The van der Waals surface area contributed by atoms with Crippen molar-refractivity contribution in [3.8, 4) is 11.5 Å². The predicted molar refractivity (Wildman–Crippen MR) is 142 cm³/mol. The third-order valence-corrected chi connectivity index (χ3v) is 18.0. The third-order valence-electron chi connectivity index (χ3n) is 8.29. The van der Waals surface area contributed by atoms with E-state index in [4.69, 9.17) is 5.63 Å². The third kappa shape index (κ3) is 3.51. The molecular weight excluding hydrogens is 558 g/mol. The molecule has 188 valence electrons. The molecule has 4 aromatic carbocycles. The fourth-order valence-corrected chi connectivity index (χ4v) is 18.9. The summed E-state index contributed by atoms with van der Waals surface area (Å²) >= 11 is -4.54. The molecule has 0 aromatic heterocycles. The van der Waals surface area contributed by atoms with Crippen molar-refractivity contribution in [2.75, 3.05) is 0 Å². The molecule has 7 rings (SSSR count). The number of rotatable bonds is 4. The molecule has 1 aliphatic heterocycles. The van der Waals surface area contributed by atoms with Crippen molar-refractivity contribution < 1.29 is 35.6 Å². The van der Waals surface area contributed by atoms with Crippen molar-refractivity contribution in [1.29, 1.82) is 0 Å². The van der Waals surface area contributed by atoms with Gasteiger partial charge in [-0.1, -0.05) is 0 Å². The van der Waals surface area contributed by atoms with Gasteiger partial charge in [-0.2, -0.15) is 0 Å². The maximum absolute atomic E-state index is 13.9. The molecule has 0 bridgehead atoms. The van der Waals surface area contributed by atoms with Gasteiger partial charge in [0.2, 0.25) is 0 Å². The normalized spacial score (nSPS) is 21.4. The van der Waals surface area contributed by atoms with E-state index in [1.165, 1.54) is 57.7 Å². The van der Waals surface area contributed by atoms with Gasteiger partial charge < -0.3 is 0 Å². The Labute approximate surface area is 226 Å². The first-order chi connectivity index (χ1) is 18.4. The van der Waals surface area contributed by atoms with Crippen LogP contribution in [0.15, 0.2) is 108 Å². The van der Waals surface area contributed by atoms with Crippen LogP contribution in [0, 0.1) is 17.0 Å². The summed E-state index contributed by atoms with van der Waals surface area (Å²) in [5, 5.41) is 0. The quantitative estimate of drug-likeness (QED) is 0.239. The van der Waals surface area contributed by atoms with Crippen LogP contribution in [0.1, 0.15) is 43.4 Å². The summed E-state index contributed by atoms with van der Waals surface area (Å²) in [5.41, 5.74) is 7.12. The molecule has 1 heterocycles. The molecule has 0 amide bonds. The Morgan fingerprint density at radius 2 is 0.974 bits per heavy atom. The molecule has 0 saturated carbocycles. The van der Waals surface area contributed by atoms with E-state index in [-0.39, 0.29) is 24.3 Å². The number of hydrogen-bond donors (Lipinski definition) is 0. The second-order valence-electron chi connectivity index (χ2n) is 10.8. The van der Waals surface area contributed by atoms with E-state index in [1.54, 1.807) is 24.3 Å². The molecule has 0 spiro atoms. The fourth-order valence-electron chi connectivity index (χ4n) is 6.56. The Kier molecular flexibility index (Phi) is 5.39. The van der Waals surface area contributed by atoms with Gasteiger partial charge in [-0.25, -0.2) is 0 Å². The number of fused-ring (bicyclic) bond motifs is 6. The van der Waals surface area contributed by atoms with Gasteiger partial charge in [-0.3, -0.25) is 0 Å². The Morgan fingerprint density at radius 1 is 0.579 bits per heavy atom. The van der Waals surface area contributed by atoms with E-state index in [1.807, 2.05) is 0 Å². The summed E-state index contributed by atoms with van der Waals surface area (Å²) in [7, 11) is 0. The molecule has 3 aliphatic rings. The number of benzene rings is 4. The molecular formula is C33H26F2O2Zr. The van der Waals surface area contributed by atoms with E-state index >= 15 is 0 Å². The molecule has 2 unspecified atom stereocenters. The van der Waals surface area contributed by atoms with Crippen LogP contribution in [0.25, 0.3) is 12.2 Å². The van der Waals surface area contributed by atoms with Crippen molar-refractivity contribution in [3.63, 3.8) is 0 Å². The van der Waals surface area contributed by atoms with E-state index in [2.05, 4.69) is 74.5 Å². The van der Waals surface area contributed by atoms with Gasteiger partial charge in [0.15, 0.2) is 0 Å². The average molecular weight is 584 g/mol. The number of allylic oxidation sites excluding steroid dienone is 2. The molecule has 4 aromatic rings. The second-order valence-corrected chi connectivity index (χ2v) is 18.2. The summed E-state index contributed by atoms with van der Waals surface area (Å²) in [4.78, 5) is 0. The van der Waals surface area contributed by atoms with Crippen LogP contribution in [-0.4, -0.2) is 0 Å². The van der Waals surface area contributed by atoms with Crippen LogP contribution in [0.5, 0.6) is 11.5 Å². The molecule has 2 atom stereocenters. The molecule has 0 radical (unpaired) electrons. The summed E-state index contributed by atoms with van der Waals surface area (Å²) in [5.74, 6) is 0.557. The van der Waals surface area contributed by atoms with Crippen molar-refractivity contribution in [2.45, 2.75) is 21.1 Å². The van der Waals surface area contributed by atoms with E-state index in [9.17, 15) is 8.78 Å². The van der Waals surface area contributed by atoms with Gasteiger partial charge in [-0.05, 0) is 0 Å². The predicted octanol–water partition coefficient (Wildman–Crippen LogP) is 8.72. The summed E-state index contributed by atoms with van der Waals surface area (Å²) in [6.45, 7) is 4.60. The standard InChI is InChI=1S/C21H18.2C6H5FO.Zr/c1-21(2,19-11-15-7-3-4-8-16(15)12-19)20-13-17-9-5-6-10-18(17)14-20;2*7-5-1-3-6(8)4-2-5;/h3-14H,1-2H3;2*1-4,8H;/q;;;+2/p-2. The SMILES string of the molecule is CC1(C)C2=Cc3ccccc3[CH]2[Zr]([O]c2ccc(F)cc2)([O]c2ccc(F)cc2)[CH]2C1=Cc1ccccc12. The van der Waals surface area contributed by atoms with Crippen LogP contribution in [0.2, 0.25) is 0 Å². The first-order valence-corrected chi connectivity index (χ1v) is 17.7. The molecule has 5 heteroatoms. The minimum absolute atomic E-state index is 0.0566. The molecule has 1 saturated heterocycles.